The van der Waals surface area contributed by atoms with Crippen molar-refractivity contribution in [3.8, 4) is 5.75 Å². The molecule has 0 spiro atoms. The van der Waals surface area contributed by atoms with Crippen molar-refractivity contribution in [1.29, 1.82) is 0 Å². The molecule has 164 valence electrons. The van der Waals surface area contributed by atoms with Crippen LogP contribution >= 0.6 is 0 Å². The number of fused-ring (bicyclic) bond motifs is 2. The molecule has 0 amide bonds. The summed E-state index contributed by atoms with van der Waals surface area (Å²) in [6.45, 7) is 8.59. The summed E-state index contributed by atoms with van der Waals surface area (Å²) in [5.74, 6) is -0.0206. The van der Waals surface area contributed by atoms with Gasteiger partial charge in [0.05, 0.1) is 20.3 Å². The van der Waals surface area contributed by atoms with E-state index in [0.29, 0.717) is 12.8 Å². The maximum atomic E-state index is 13.3. The number of carbonyl (C=O) groups excluding carboxylic acids is 2. The first-order valence-corrected chi connectivity index (χ1v) is 10.9. The third-order valence-corrected chi connectivity index (χ3v) is 8.40. The van der Waals surface area contributed by atoms with Crippen LogP contribution in [0, 0.1) is 10.8 Å². The Morgan fingerprint density at radius 1 is 1.10 bits per heavy atom. The van der Waals surface area contributed by atoms with Gasteiger partial charge in [0.25, 0.3) is 0 Å². The molecule has 4 aliphatic rings. The predicted molar refractivity (Wildman–Crippen MR) is 112 cm³/mol. The second kappa shape index (κ2) is 6.98. The highest BCUT2D eigenvalue weighted by Gasteiger charge is 2.74. The molecule has 6 heteroatoms. The highest BCUT2D eigenvalue weighted by molar-refractivity contribution is 6.01. The topological polar surface area (TPSA) is 65.1 Å². The van der Waals surface area contributed by atoms with Crippen molar-refractivity contribution in [2.75, 3.05) is 27.4 Å². The van der Waals surface area contributed by atoms with Crippen LogP contribution < -0.4 is 4.74 Å². The minimum Gasteiger partial charge on any atom is -0.497 e. The molecule has 1 saturated carbocycles. The van der Waals surface area contributed by atoms with Crippen molar-refractivity contribution < 1.29 is 23.8 Å². The zero-order valence-electron chi connectivity index (χ0n) is 18.9. The number of hydrogen-bond acceptors (Lipinski definition) is 6. The number of ether oxygens (including phenoxy) is 3. The lowest BCUT2D eigenvalue weighted by molar-refractivity contribution is -0.219. The number of esters is 2. The highest BCUT2D eigenvalue weighted by Crippen LogP contribution is 2.68. The van der Waals surface area contributed by atoms with Crippen molar-refractivity contribution in [1.82, 2.24) is 4.90 Å². The third-order valence-electron chi connectivity index (χ3n) is 8.40. The van der Waals surface area contributed by atoms with Crippen molar-refractivity contribution in [3.05, 3.63) is 29.3 Å². The van der Waals surface area contributed by atoms with Crippen LogP contribution in [0.25, 0.3) is 0 Å². The summed E-state index contributed by atoms with van der Waals surface area (Å²) in [4.78, 5) is 28.9. The first-order valence-electron chi connectivity index (χ1n) is 10.9. The molecular weight excluding hydrogens is 382 g/mol. The molecule has 4 unspecified atom stereocenters. The Balaban J connectivity index is 1.87. The average Bonchev–Trinajstić information content (AvgIpc) is 2.71. The number of carbonyl (C=O) groups is 2. The molecule has 30 heavy (non-hydrogen) atoms. The van der Waals surface area contributed by atoms with Crippen LogP contribution in [0.2, 0.25) is 0 Å². The van der Waals surface area contributed by atoms with E-state index in [0.717, 1.165) is 12.2 Å². The Hall–Kier alpha value is -2.08. The predicted octanol–water partition coefficient (Wildman–Crippen LogP) is 3.10. The van der Waals surface area contributed by atoms with Gasteiger partial charge in [-0.25, -0.2) is 0 Å². The Morgan fingerprint density at radius 2 is 1.73 bits per heavy atom. The number of piperidine rings is 2. The molecule has 2 saturated heterocycles. The summed E-state index contributed by atoms with van der Waals surface area (Å²) in [5.41, 5.74) is 0.885. The van der Waals surface area contributed by atoms with Crippen LogP contribution in [0.15, 0.2) is 18.2 Å². The lowest BCUT2D eigenvalue weighted by Gasteiger charge is -2.71. The fourth-order valence-electron chi connectivity index (χ4n) is 6.75. The van der Waals surface area contributed by atoms with E-state index in [9.17, 15) is 9.59 Å². The molecule has 2 aliphatic carbocycles. The molecule has 0 N–H and O–H groups in total. The minimum absolute atomic E-state index is 0.156. The van der Waals surface area contributed by atoms with E-state index in [1.807, 2.05) is 13.1 Å². The van der Waals surface area contributed by atoms with E-state index in [1.54, 1.807) is 21.0 Å². The van der Waals surface area contributed by atoms with Gasteiger partial charge in [-0.05, 0) is 68.8 Å². The second-order valence-corrected chi connectivity index (χ2v) is 9.47. The van der Waals surface area contributed by atoms with Gasteiger partial charge < -0.3 is 14.2 Å². The summed E-state index contributed by atoms with van der Waals surface area (Å²) in [7, 11) is 3.74. The van der Waals surface area contributed by atoms with Gasteiger partial charge in [0, 0.05) is 17.5 Å². The number of methoxy groups -OCH3 is 1. The third kappa shape index (κ3) is 2.46. The fraction of sp³-hybridized carbons (Fsp3) is 0.667. The molecule has 0 aromatic heterocycles. The van der Waals surface area contributed by atoms with Crippen LogP contribution in [0.5, 0.6) is 5.75 Å². The van der Waals surface area contributed by atoms with Crippen molar-refractivity contribution in [3.63, 3.8) is 0 Å². The van der Waals surface area contributed by atoms with Crippen LogP contribution in [-0.2, 0) is 30.9 Å². The molecule has 4 atom stereocenters. The Bertz CT molecular complexity index is 864. The molecule has 1 aromatic rings. The lowest BCUT2D eigenvalue weighted by atomic mass is 9.39. The maximum absolute atomic E-state index is 13.3. The summed E-state index contributed by atoms with van der Waals surface area (Å²) in [6, 6.07) is 6.29. The molecule has 1 aromatic carbocycles. The normalized spacial score (nSPS) is 33.5. The largest absolute Gasteiger partial charge is 0.497 e. The summed E-state index contributed by atoms with van der Waals surface area (Å²) in [6.07, 6.45) is 2.01. The van der Waals surface area contributed by atoms with E-state index < -0.39 is 17.4 Å². The second-order valence-electron chi connectivity index (χ2n) is 9.47. The van der Waals surface area contributed by atoms with Gasteiger partial charge in [-0.2, -0.15) is 0 Å². The van der Waals surface area contributed by atoms with Gasteiger partial charge in [-0.3, -0.25) is 14.5 Å². The Labute approximate surface area is 178 Å². The van der Waals surface area contributed by atoms with Crippen LogP contribution in [0.4, 0.5) is 0 Å². The number of likely N-dealkylation sites (N-methyl/N-ethyl adjacent to an activating group) is 1. The van der Waals surface area contributed by atoms with Crippen molar-refractivity contribution in [2.24, 2.45) is 10.8 Å². The van der Waals surface area contributed by atoms with E-state index in [-0.39, 0.29) is 36.1 Å². The van der Waals surface area contributed by atoms with Crippen LogP contribution in [0.3, 0.4) is 0 Å². The van der Waals surface area contributed by atoms with Gasteiger partial charge in [-0.1, -0.05) is 19.9 Å². The number of rotatable bonds is 5. The van der Waals surface area contributed by atoms with Crippen molar-refractivity contribution in [2.45, 2.75) is 64.5 Å². The van der Waals surface area contributed by atoms with Gasteiger partial charge >= 0.3 is 11.9 Å². The standard InChI is InChI=1S/C24H33NO5/c1-7-29-20(26)24(21(27)30-8-2)14-23(4)18-12-15-11-16(28-6)9-10-17(15)22(23,3)13-19(24)25(18)5/h9-11,18-19H,7-8,12-14H2,1-6H3. The molecule has 5 rings (SSSR count). The molecule has 6 nitrogen and oxygen atoms in total. The first-order chi connectivity index (χ1) is 14.2. The summed E-state index contributed by atoms with van der Waals surface area (Å²) in [5, 5.41) is 0. The average molecular weight is 416 g/mol. The molecule has 4 bridgehead atoms. The number of benzene rings is 1. The summed E-state index contributed by atoms with van der Waals surface area (Å²) >= 11 is 0. The monoisotopic (exact) mass is 415 g/mol. The van der Waals surface area contributed by atoms with Gasteiger partial charge in [-0.15, -0.1) is 0 Å². The Morgan fingerprint density at radius 3 is 2.30 bits per heavy atom. The fourth-order valence-corrected chi connectivity index (χ4v) is 6.75. The molecule has 3 fully saturated rings. The van der Waals surface area contributed by atoms with Crippen LogP contribution in [0.1, 0.15) is 51.7 Å². The quantitative estimate of drug-likeness (QED) is 0.544. The molecular formula is C24H33NO5. The molecule has 2 aliphatic heterocycles. The lowest BCUT2D eigenvalue weighted by Crippen LogP contribution is -2.78. The number of hydrogen-bond donors (Lipinski definition) is 0. The van der Waals surface area contributed by atoms with Crippen molar-refractivity contribution >= 4 is 11.9 Å². The zero-order chi connectivity index (χ0) is 21.9. The highest BCUT2D eigenvalue weighted by atomic mass is 16.6. The molecule has 0 radical (unpaired) electrons. The van der Waals surface area contributed by atoms with Crippen LogP contribution in [-0.4, -0.2) is 56.3 Å². The summed E-state index contributed by atoms with van der Waals surface area (Å²) < 4.78 is 16.4. The van der Waals surface area contributed by atoms with E-state index in [2.05, 4.69) is 30.9 Å². The molecule has 2 heterocycles. The van der Waals surface area contributed by atoms with Gasteiger partial charge in [0.1, 0.15) is 5.75 Å². The van der Waals surface area contributed by atoms with E-state index in [1.165, 1.54) is 11.1 Å². The number of nitrogens with zero attached hydrogens (tertiary/aromatic N) is 1. The van der Waals surface area contributed by atoms with E-state index >= 15 is 0 Å². The maximum Gasteiger partial charge on any atom is 0.325 e. The van der Waals surface area contributed by atoms with Gasteiger partial charge in [0.15, 0.2) is 5.41 Å². The first kappa shape index (κ1) is 21.2. The van der Waals surface area contributed by atoms with E-state index in [4.69, 9.17) is 14.2 Å². The van der Waals surface area contributed by atoms with Gasteiger partial charge in [0.2, 0.25) is 0 Å². The zero-order valence-corrected chi connectivity index (χ0v) is 18.9. The Kier molecular flexibility index (Phi) is 4.92. The SMILES string of the molecule is CCOC(=O)C1(C(=O)OCC)CC2(C)C3Cc4cc(OC)ccc4C2(C)CC1N3C. The smallest absolute Gasteiger partial charge is 0.325 e. The minimum atomic E-state index is -1.28.